The Balaban J connectivity index is 2.78. The summed E-state index contributed by atoms with van der Waals surface area (Å²) in [5, 5.41) is 13.4. The highest BCUT2D eigenvalue weighted by Gasteiger charge is 2.16. The summed E-state index contributed by atoms with van der Waals surface area (Å²) in [7, 11) is 0. The van der Waals surface area contributed by atoms with Gasteiger partial charge in [0.25, 0.3) is 5.69 Å². The first-order chi connectivity index (χ1) is 8.45. The second kappa shape index (κ2) is 6.35. The third-order valence-electron chi connectivity index (χ3n) is 2.62. The normalized spacial score (nSPS) is 13.7. The average Bonchev–Trinajstić information content (AvgIpc) is 2.37. The molecule has 0 aliphatic carbocycles. The topological polar surface area (TPSA) is 72.2 Å². The first-order valence-corrected chi connectivity index (χ1v) is 6.10. The Morgan fingerprint density at radius 1 is 1.50 bits per heavy atom. The summed E-state index contributed by atoms with van der Waals surface area (Å²) in [5.74, 6) is -0.204. The van der Waals surface area contributed by atoms with Gasteiger partial charge in [0.15, 0.2) is 0 Å². The zero-order valence-electron chi connectivity index (χ0n) is 10.2. The van der Waals surface area contributed by atoms with Crippen molar-refractivity contribution in [3.63, 3.8) is 0 Å². The molecule has 0 spiro atoms. The summed E-state index contributed by atoms with van der Waals surface area (Å²) in [4.78, 5) is 21.8. The molecule has 0 saturated heterocycles. The fourth-order valence-corrected chi connectivity index (χ4v) is 1.56. The Hall–Kier alpha value is -1.62. The molecule has 6 heteroatoms. The van der Waals surface area contributed by atoms with Gasteiger partial charge in [-0.1, -0.05) is 19.1 Å². The maximum atomic E-state index is 11.6. The van der Waals surface area contributed by atoms with Crippen LogP contribution in [0.15, 0.2) is 24.3 Å². The van der Waals surface area contributed by atoms with Gasteiger partial charge in [-0.3, -0.25) is 14.9 Å². The molecule has 2 unspecified atom stereocenters. The Bertz CT molecular complexity index is 451. The van der Waals surface area contributed by atoms with Gasteiger partial charge in [0.1, 0.15) is 0 Å². The van der Waals surface area contributed by atoms with Crippen LogP contribution in [-0.2, 0) is 4.79 Å². The van der Waals surface area contributed by atoms with Crippen molar-refractivity contribution in [2.75, 3.05) is 5.88 Å². The van der Waals surface area contributed by atoms with Crippen LogP contribution in [0.25, 0.3) is 0 Å². The third kappa shape index (κ3) is 3.70. The number of amides is 1. The van der Waals surface area contributed by atoms with E-state index in [0.29, 0.717) is 5.56 Å². The number of nitrogens with zero attached hydrogens (tertiary/aromatic N) is 1. The predicted molar refractivity (Wildman–Crippen MR) is 69.5 cm³/mol. The molecular weight excluding hydrogens is 256 g/mol. The zero-order chi connectivity index (χ0) is 13.7. The quantitative estimate of drug-likeness (QED) is 0.508. The molecule has 1 N–H and O–H groups in total. The zero-order valence-corrected chi connectivity index (χ0v) is 11.0. The van der Waals surface area contributed by atoms with Crippen LogP contribution in [0.5, 0.6) is 0 Å². The number of non-ortho nitro benzene ring substituents is 1. The number of carbonyl (C=O) groups is 1. The molecule has 0 heterocycles. The second-order valence-corrected chi connectivity index (χ2v) is 4.45. The van der Waals surface area contributed by atoms with Crippen molar-refractivity contribution < 1.29 is 9.72 Å². The fraction of sp³-hybridized carbons (Fsp3) is 0.417. The molecule has 0 fully saturated rings. The minimum absolute atomic E-state index is 0.0130. The van der Waals surface area contributed by atoms with E-state index in [9.17, 15) is 14.9 Å². The van der Waals surface area contributed by atoms with E-state index in [1.165, 1.54) is 12.1 Å². The van der Waals surface area contributed by atoms with Crippen molar-refractivity contribution in [2.24, 2.45) is 5.92 Å². The van der Waals surface area contributed by atoms with Crippen LogP contribution < -0.4 is 5.32 Å². The van der Waals surface area contributed by atoms with Crippen LogP contribution in [0.1, 0.15) is 25.5 Å². The van der Waals surface area contributed by atoms with Crippen LogP contribution in [0.2, 0.25) is 0 Å². The van der Waals surface area contributed by atoms with E-state index in [1.54, 1.807) is 26.0 Å². The third-order valence-corrected chi connectivity index (χ3v) is 3.08. The van der Waals surface area contributed by atoms with Crippen molar-refractivity contribution in [3.8, 4) is 0 Å². The monoisotopic (exact) mass is 270 g/mol. The smallest absolute Gasteiger partial charge is 0.269 e. The van der Waals surface area contributed by atoms with Crippen molar-refractivity contribution >= 4 is 23.2 Å². The van der Waals surface area contributed by atoms with Gasteiger partial charge in [-0.25, -0.2) is 0 Å². The summed E-state index contributed by atoms with van der Waals surface area (Å²) in [6, 6.07) is 5.92. The molecule has 1 aromatic carbocycles. The summed E-state index contributed by atoms with van der Waals surface area (Å²) in [5.41, 5.74) is 0.707. The van der Waals surface area contributed by atoms with Crippen LogP contribution in [-0.4, -0.2) is 16.7 Å². The number of hydrogen-bond acceptors (Lipinski definition) is 3. The largest absolute Gasteiger partial charge is 0.349 e. The van der Waals surface area contributed by atoms with Crippen LogP contribution in [0.3, 0.4) is 0 Å². The predicted octanol–water partition coefficient (Wildman–Crippen LogP) is 2.65. The van der Waals surface area contributed by atoms with Gasteiger partial charge in [-0.05, 0) is 12.5 Å². The summed E-state index contributed by atoms with van der Waals surface area (Å²) in [6.07, 6.45) is 0. The molecule has 0 aromatic heterocycles. The summed E-state index contributed by atoms with van der Waals surface area (Å²) < 4.78 is 0. The molecule has 1 aromatic rings. The van der Waals surface area contributed by atoms with Crippen molar-refractivity contribution in [1.29, 1.82) is 0 Å². The van der Waals surface area contributed by atoms with Gasteiger partial charge in [-0.2, -0.15) is 0 Å². The molecule has 0 aliphatic heterocycles. The van der Waals surface area contributed by atoms with Crippen LogP contribution in [0.4, 0.5) is 5.69 Å². The van der Waals surface area contributed by atoms with E-state index >= 15 is 0 Å². The fourth-order valence-electron chi connectivity index (χ4n) is 1.42. The van der Waals surface area contributed by atoms with Gasteiger partial charge in [0.05, 0.1) is 11.0 Å². The lowest BCUT2D eigenvalue weighted by molar-refractivity contribution is -0.384. The lowest BCUT2D eigenvalue weighted by Gasteiger charge is -2.16. The number of halogens is 1. The Kier molecular flexibility index (Phi) is 5.09. The lowest BCUT2D eigenvalue weighted by Crippen LogP contribution is -2.32. The molecule has 0 bridgehead atoms. The first-order valence-electron chi connectivity index (χ1n) is 5.56. The van der Waals surface area contributed by atoms with Gasteiger partial charge in [-0.15, -0.1) is 11.6 Å². The van der Waals surface area contributed by atoms with Crippen LogP contribution >= 0.6 is 11.6 Å². The van der Waals surface area contributed by atoms with E-state index in [1.807, 2.05) is 0 Å². The number of nitro groups is 1. The lowest BCUT2D eigenvalue weighted by atomic mass is 10.1. The minimum atomic E-state index is -0.459. The molecule has 98 valence electrons. The first kappa shape index (κ1) is 14.4. The highest BCUT2D eigenvalue weighted by molar-refractivity contribution is 6.19. The molecular formula is C12H15ClN2O3. The summed E-state index contributed by atoms with van der Waals surface area (Å²) >= 11 is 5.59. The highest BCUT2D eigenvalue weighted by atomic mass is 35.5. The van der Waals surface area contributed by atoms with Gasteiger partial charge in [0.2, 0.25) is 5.91 Å². The van der Waals surface area contributed by atoms with Crippen molar-refractivity contribution in [2.45, 2.75) is 19.9 Å². The van der Waals surface area contributed by atoms with Crippen LogP contribution in [0, 0.1) is 16.0 Å². The van der Waals surface area contributed by atoms with E-state index in [4.69, 9.17) is 11.6 Å². The average molecular weight is 271 g/mol. The maximum absolute atomic E-state index is 11.6. The molecule has 18 heavy (non-hydrogen) atoms. The van der Waals surface area contributed by atoms with Crippen molar-refractivity contribution in [3.05, 3.63) is 39.9 Å². The highest BCUT2D eigenvalue weighted by Crippen LogP contribution is 2.19. The molecule has 2 atom stereocenters. The van der Waals surface area contributed by atoms with Gasteiger partial charge >= 0.3 is 0 Å². The molecule has 1 rings (SSSR count). The maximum Gasteiger partial charge on any atom is 0.269 e. The van der Waals surface area contributed by atoms with E-state index < -0.39 is 4.92 Å². The molecule has 0 radical (unpaired) electrons. The van der Waals surface area contributed by atoms with E-state index in [0.717, 1.165) is 0 Å². The second-order valence-electron chi connectivity index (χ2n) is 4.14. The Labute approximate surface area is 110 Å². The van der Waals surface area contributed by atoms with Crippen molar-refractivity contribution in [1.82, 2.24) is 5.32 Å². The standard InChI is InChI=1S/C12H15ClN2O3/c1-8(7-13)12(16)14-9(2)10-4-3-5-11(6-10)15(17)18/h3-6,8-9H,7H2,1-2H3,(H,14,16). The number of hydrogen-bond donors (Lipinski definition) is 1. The number of benzene rings is 1. The summed E-state index contributed by atoms with van der Waals surface area (Å²) in [6.45, 7) is 3.50. The number of carbonyl (C=O) groups excluding carboxylic acids is 1. The van der Waals surface area contributed by atoms with E-state index in [2.05, 4.69) is 5.32 Å². The molecule has 0 aliphatic rings. The SMILES string of the molecule is CC(CCl)C(=O)NC(C)c1cccc([N+](=O)[O-])c1. The minimum Gasteiger partial charge on any atom is -0.349 e. The molecule has 0 saturated carbocycles. The van der Waals surface area contributed by atoms with Gasteiger partial charge in [0, 0.05) is 23.9 Å². The van der Waals surface area contributed by atoms with E-state index in [-0.39, 0.29) is 29.4 Å². The number of nitro benzene ring substituents is 1. The number of alkyl halides is 1. The number of nitrogens with one attached hydrogen (secondary N) is 1. The Morgan fingerprint density at radius 2 is 2.17 bits per heavy atom. The molecule has 5 nitrogen and oxygen atoms in total. The Morgan fingerprint density at radius 3 is 2.72 bits per heavy atom. The molecule has 1 amide bonds. The number of rotatable bonds is 5. The van der Waals surface area contributed by atoms with Gasteiger partial charge < -0.3 is 5.32 Å².